The van der Waals surface area contributed by atoms with Crippen LogP contribution in [0, 0.1) is 17.2 Å². The van der Waals surface area contributed by atoms with Crippen LogP contribution in [-0.2, 0) is 0 Å². The van der Waals surface area contributed by atoms with E-state index in [9.17, 15) is 9.18 Å². The lowest BCUT2D eigenvalue weighted by molar-refractivity contribution is -0.0337. The molecule has 4 rings (SSSR count). The van der Waals surface area contributed by atoms with Crippen molar-refractivity contribution in [1.29, 1.82) is 0 Å². The molecule has 2 saturated heterocycles. The van der Waals surface area contributed by atoms with Crippen LogP contribution >= 0.6 is 12.4 Å². The van der Waals surface area contributed by atoms with Gasteiger partial charge in [0, 0.05) is 57.3 Å². The Morgan fingerprint density at radius 3 is 2.56 bits per heavy atom. The smallest absolute Gasteiger partial charge is 0.282 e. The third-order valence-electron chi connectivity index (χ3n) is 8.22. The average molecular weight is 593 g/mol. The summed E-state index contributed by atoms with van der Waals surface area (Å²) in [5, 5.41) is 11.4. The van der Waals surface area contributed by atoms with E-state index in [0.29, 0.717) is 30.3 Å². The lowest BCUT2D eigenvalue weighted by Crippen LogP contribution is -2.62. The first kappa shape index (κ1) is 32.8. The van der Waals surface area contributed by atoms with Gasteiger partial charge in [-0.2, -0.15) is 4.98 Å². The maximum Gasteiger partial charge on any atom is 0.282 e. The van der Waals surface area contributed by atoms with Gasteiger partial charge in [0.05, 0.1) is 5.56 Å². The second-order valence-corrected chi connectivity index (χ2v) is 11.8. The number of halogens is 2. The summed E-state index contributed by atoms with van der Waals surface area (Å²) in [4.78, 5) is 24.5. The lowest BCUT2D eigenvalue weighted by Gasteiger charge is -2.53. The van der Waals surface area contributed by atoms with Crippen LogP contribution in [-0.4, -0.2) is 89.3 Å². The molecule has 0 saturated carbocycles. The monoisotopic (exact) mass is 592 g/mol. The molecular formula is C29H46ClFN8O2. The molecule has 0 bridgehead atoms. The Bertz CT molecular complexity index is 1180. The van der Waals surface area contributed by atoms with Crippen LogP contribution in [0.1, 0.15) is 64.2 Å². The van der Waals surface area contributed by atoms with Gasteiger partial charge in [-0.15, -0.1) is 22.6 Å². The Balaban J connectivity index is 0.00000462. The quantitative estimate of drug-likeness (QED) is 0.370. The average Bonchev–Trinajstić information content (AvgIpc) is 3.35. The highest BCUT2D eigenvalue weighted by molar-refractivity contribution is 5.97. The normalized spacial score (nSPS) is 17.0. The summed E-state index contributed by atoms with van der Waals surface area (Å²) < 4.78 is 20.5. The Morgan fingerprint density at radius 2 is 1.95 bits per heavy atom. The number of carbonyl (C=O) groups excluding carboxylic acids is 1. The number of amides is 1. The van der Waals surface area contributed by atoms with E-state index in [-0.39, 0.29) is 47.0 Å². The lowest BCUT2D eigenvalue weighted by atomic mass is 9.76. The number of anilines is 2. The van der Waals surface area contributed by atoms with E-state index in [4.69, 9.17) is 15.5 Å². The fourth-order valence-corrected chi connectivity index (χ4v) is 6.13. The van der Waals surface area contributed by atoms with Crippen molar-refractivity contribution in [3.05, 3.63) is 29.6 Å². The maximum absolute atomic E-state index is 14.3. The van der Waals surface area contributed by atoms with Gasteiger partial charge in [0.1, 0.15) is 11.6 Å². The minimum absolute atomic E-state index is 0. The number of aromatic nitrogens is 3. The highest BCUT2D eigenvalue weighted by Gasteiger charge is 2.50. The van der Waals surface area contributed by atoms with Gasteiger partial charge in [0.25, 0.3) is 11.8 Å². The minimum atomic E-state index is -0.507. The summed E-state index contributed by atoms with van der Waals surface area (Å²) in [5.74, 6) is 1.15. The molecule has 1 aromatic carbocycles. The molecule has 2 aromatic rings. The fraction of sp³-hybridized carbons (Fsp3) is 0.655. The first-order valence-electron chi connectivity index (χ1n) is 14.5. The first-order valence-corrected chi connectivity index (χ1v) is 14.5. The fourth-order valence-electron chi connectivity index (χ4n) is 6.13. The summed E-state index contributed by atoms with van der Waals surface area (Å²) in [7, 11) is 1.74. The molecule has 0 aliphatic carbocycles. The van der Waals surface area contributed by atoms with E-state index < -0.39 is 5.82 Å². The number of hydrogen-bond donors (Lipinski definition) is 2. The molecule has 1 aromatic heterocycles. The van der Waals surface area contributed by atoms with E-state index in [1.165, 1.54) is 18.2 Å². The number of likely N-dealkylation sites (tertiary alicyclic amines) is 1. The molecule has 1 atom stereocenters. The van der Waals surface area contributed by atoms with E-state index in [2.05, 4.69) is 39.2 Å². The number of hydrogen-bond acceptors (Lipinski definition) is 9. The van der Waals surface area contributed by atoms with Gasteiger partial charge < -0.3 is 25.6 Å². The standard InChI is InChI=1S/C29H45FN8O2.ClH/c1-7-38(20(4)5)27(39)22-15-21(30)10-11-24(22)40-26-25(33-28(32-6)35-34-26)36-14-12-29(16-36)17-37(18-29)23(19(2)3)9-8-13-31;/h10-11,15,19-20,23H,7-9,12-14,16-18,31H2,1-6H3,(H,32,33,35);1H. The molecule has 12 heteroatoms. The second-order valence-electron chi connectivity index (χ2n) is 11.8. The van der Waals surface area contributed by atoms with Gasteiger partial charge in [0.2, 0.25) is 5.95 Å². The van der Waals surface area contributed by atoms with Gasteiger partial charge >= 0.3 is 0 Å². The third kappa shape index (κ3) is 7.18. The number of rotatable bonds is 12. The summed E-state index contributed by atoms with van der Waals surface area (Å²) in [6, 6.07) is 4.46. The maximum atomic E-state index is 14.3. The highest BCUT2D eigenvalue weighted by Crippen LogP contribution is 2.45. The molecule has 3 N–H and O–H groups in total. The molecule has 2 aliphatic heterocycles. The van der Waals surface area contributed by atoms with Crippen molar-refractivity contribution in [2.24, 2.45) is 17.1 Å². The van der Waals surface area contributed by atoms with Gasteiger partial charge in [-0.1, -0.05) is 13.8 Å². The molecule has 228 valence electrons. The van der Waals surface area contributed by atoms with Crippen molar-refractivity contribution < 1.29 is 13.9 Å². The number of carbonyl (C=O) groups is 1. The van der Waals surface area contributed by atoms with E-state index in [1.807, 2.05) is 20.8 Å². The van der Waals surface area contributed by atoms with E-state index in [1.54, 1.807) is 11.9 Å². The Labute approximate surface area is 249 Å². The molecular weight excluding hydrogens is 547 g/mol. The van der Waals surface area contributed by atoms with Crippen LogP contribution in [0.2, 0.25) is 0 Å². The van der Waals surface area contributed by atoms with Gasteiger partial charge in [0.15, 0.2) is 5.82 Å². The second kappa shape index (κ2) is 13.9. The highest BCUT2D eigenvalue weighted by atomic mass is 35.5. The zero-order valence-electron chi connectivity index (χ0n) is 25.2. The Hall–Kier alpha value is -2.76. The number of nitrogens with zero attached hydrogens (tertiary/aromatic N) is 6. The number of benzene rings is 1. The predicted molar refractivity (Wildman–Crippen MR) is 163 cm³/mol. The third-order valence-corrected chi connectivity index (χ3v) is 8.22. The number of nitrogens with one attached hydrogen (secondary N) is 1. The largest absolute Gasteiger partial charge is 0.434 e. The molecule has 0 radical (unpaired) electrons. The molecule has 2 fully saturated rings. The van der Waals surface area contributed by atoms with Crippen LogP contribution in [0.3, 0.4) is 0 Å². The van der Waals surface area contributed by atoms with Crippen LogP contribution < -0.4 is 20.7 Å². The molecule has 3 heterocycles. The summed E-state index contributed by atoms with van der Waals surface area (Å²) in [5.41, 5.74) is 6.13. The van der Waals surface area contributed by atoms with Crippen LogP contribution in [0.25, 0.3) is 0 Å². The van der Waals surface area contributed by atoms with E-state index >= 15 is 0 Å². The Kier molecular flexibility index (Phi) is 11.1. The molecule has 41 heavy (non-hydrogen) atoms. The molecule has 2 aliphatic rings. The zero-order valence-corrected chi connectivity index (χ0v) is 26.0. The molecule has 10 nitrogen and oxygen atoms in total. The van der Waals surface area contributed by atoms with Gasteiger partial charge in [-0.05, 0) is 70.7 Å². The topological polar surface area (TPSA) is 113 Å². The minimum Gasteiger partial charge on any atom is -0.434 e. The van der Waals surface area contributed by atoms with Crippen molar-refractivity contribution in [2.75, 3.05) is 56.5 Å². The van der Waals surface area contributed by atoms with Crippen molar-refractivity contribution in [1.82, 2.24) is 25.0 Å². The van der Waals surface area contributed by atoms with Crippen LogP contribution in [0.15, 0.2) is 18.2 Å². The predicted octanol–water partition coefficient (Wildman–Crippen LogP) is 4.41. The number of nitrogens with two attached hydrogens (primary N) is 1. The zero-order chi connectivity index (χ0) is 29.0. The first-order chi connectivity index (χ1) is 19.1. The molecule has 1 spiro atoms. The van der Waals surface area contributed by atoms with Crippen molar-refractivity contribution in [2.45, 2.75) is 66.0 Å². The van der Waals surface area contributed by atoms with Gasteiger partial charge in [-0.25, -0.2) is 4.39 Å². The van der Waals surface area contributed by atoms with Gasteiger partial charge in [-0.3, -0.25) is 9.69 Å². The van der Waals surface area contributed by atoms with Crippen molar-refractivity contribution >= 4 is 30.1 Å². The van der Waals surface area contributed by atoms with Crippen LogP contribution in [0.4, 0.5) is 16.2 Å². The number of ether oxygens (including phenoxy) is 1. The summed E-state index contributed by atoms with van der Waals surface area (Å²) in [6.45, 7) is 15.3. The van der Waals surface area contributed by atoms with Crippen LogP contribution in [0.5, 0.6) is 11.6 Å². The molecule has 1 unspecified atom stereocenters. The van der Waals surface area contributed by atoms with Crippen molar-refractivity contribution in [3.63, 3.8) is 0 Å². The Morgan fingerprint density at radius 1 is 1.22 bits per heavy atom. The molecule has 1 amide bonds. The SMILES string of the molecule is CCN(C(=O)c1cc(F)ccc1Oc1nnc(NC)nc1N1CCC2(C1)CN(C(CCCN)C(C)C)C2)C(C)C.Cl. The summed E-state index contributed by atoms with van der Waals surface area (Å²) >= 11 is 0. The van der Waals surface area contributed by atoms with E-state index in [0.717, 1.165) is 52.0 Å². The summed E-state index contributed by atoms with van der Waals surface area (Å²) in [6.07, 6.45) is 3.21. The van der Waals surface area contributed by atoms with Crippen molar-refractivity contribution in [3.8, 4) is 11.6 Å².